The summed E-state index contributed by atoms with van der Waals surface area (Å²) < 4.78 is 9.73. The molecule has 1 aliphatic rings. The first-order valence-corrected chi connectivity index (χ1v) is 14.7. The molecule has 8 heteroatoms. The molecule has 5 rings (SSSR count). The molecule has 0 unspecified atom stereocenters. The van der Waals surface area contributed by atoms with Crippen LogP contribution in [0, 0.1) is 11.3 Å². The highest BCUT2D eigenvalue weighted by Gasteiger charge is 2.28. The van der Waals surface area contributed by atoms with E-state index in [2.05, 4.69) is 35.2 Å². The number of rotatable bonds is 9. The fourth-order valence-electron chi connectivity index (χ4n) is 5.55. The van der Waals surface area contributed by atoms with Gasteiger partial charge in [0.2, 0.25) is 5.78 Å². The molecule has 0 amide bonds. The number of benzene rings is 2. The summed E-state index contributed by atoms with van der Waals surface area (Å²) in [6, 6.07) is 18.2. The number of ether oxygens (including phenoxy) is 1. The molecule has 1 fully saturated rings. The van der Waals surface area contributed by atoms with E-state index >= 15 is 0 Å². The van der Waals surface area contributed by atoms with Crippen LogP contribution in [0.3, 0.4) is 0 Å². The molecular weight excluding hydrogens is 494 g/mol. The van der Waals surface area contributed by atoms with Crippen LogP contribution in [0.5, 0.6) is 0 Å². The first-order chi connectivity index (χ1) is 18.6. The quantitative estimate of drug-likeness (QED) is 0.256. The molecule has 1 aliphatic carbocycles. The molecule has 0 spiro atoms. The minimum Gasteiger partial charge on any atom is -0.368 e. The van der Waals surface area contributed by atoms with E-state index in [-0.39, 0.29) is 17.7 Å². The third-order valence-electron chi connectivity index (χ3n) is 7.44. The first-order valence-electron chi connectivity index (χ1n) is 13.3. The number of nitrogens with zero attached hydrogens (tertiary/aromatic N) is 5. The summed E-state index contributed by atoms with van der Waals surface area (Å²) in [5.41, 5.74) is 5.38. The smallest absolute Gasteiger partial charge is 0.259 e. The van der Waals surface area contributed by atoms with E-state index in [0.29, 0.717) is 23.7 Å². The molecule has 0 aliphatic heterocycles. The van der Waals surface area contributed by atoms with Crippen LogP contribution < -0.4 is 5.56 Å². The van der Waals surface area contributed by atoms with Crippen molar-refractivity contribution in [3.8, 4) is 17.2 Å². The number of aryl methyl sites for hydroxylation is 1. The van der Waals surface area contributed by atoms with Gasteiger partial charge in [0.15, 0.2) is 0 Å². The van der Waals surface area contributed by atoms with Gasteiger partial charge in [-0.1, -0.05) is 55.8 Å². The molecule has 0 saturated heterocycles. The Morgan fingerprint density at radius 1 is 1.11 bits per heavy atom. The molecule has 1 saturated carbocycles. The van der Waals surface area contributed by atoms with Crippen molar-refractivity contribution >= 4 is 17.5 Å². The Hall–Kier alpha value is -3.41. The molecule has 4 aromatic rings. The number of thioether (sulfide) groups is 1. The Kier molecular flexibility index (Phi) is 8.26. The van der Waals surface area contributed by atoms with Crippen LogP contribution in [0.1, 0.15) is 67.5 Å². The summed E-state index contributed by atoms with van der Waals surface area (Å²) in [6.07, 6.45) is 9.71. The second-order valence-electron chi connectivity index (χ2n) is 9.86. The lowest BCUT2D eigenvalue weighted by atomic mass is 9.92. The third-order valence-corrected chi connectivity index (χ3v) is 7.81. The maximum Gasteiger partial charge on any atom is 0.259 e. The average molecular weight is 528 g/mol. The highest BCUT2D eigenvalue weighted by Crippen LogP contribution is 2.31. The van der Waals surface area contributed by atoms with Crippen molar-refractivity contribution in [1.82, 2.24) is 19.2 Å². The lowest BCUT2D eigenvalue weighted by Crippen LogP contribution is -2.35. The van der Waals surface area contributed by atoms with Crippen LogP contribution in [0.4, 0.5) is 0 Å². The normalized spacial score (nSPS) is 17.5. The fourth-order valence-corrected chi connectivity index (χ4v) is 5.88. The van der Waals surface area contributed by atoms with Gasteiger partial charge in [-0.25, -0.2) is 4.52 Å². The van der Waals surface area contributed by atoms with Crippen molar-refractivity contribution < 1.29 is 4.74 Å². The molecule has 0 radical (unpaired) electrons. The Morgan fingerprint density at radius 3 is 2.58 bits per heavy atom. The largest absolute Gasteiger partial charge is 0.368 e. The Bertz CT molecular complexity index is 1490. The SMILES string of the molecule is CCCc1c(Cc2ccc(-c3ccccc3C#N)cc2)c(=O)n(C2CCC(OCSC)CC2)c2ncnn12. The van der Waals surface area contributed by atoms with Gasteiger partial charge in [-0.15, -0.1) is 11.8 Å². The summed E-state index contributed by atoms with van der Waals surface area (Å²) >= 11 is 1.69. The van der Waals surface area contributed by atoms with Gasteiger partial charge in [-0.2, -0.15) is 15.3 Å². The van der Waals surface area contributed by atoms with E-state index < -0.39 is 0 Å². The first kappa shape index (κ1) is 26.2. The monoisotopic (exact) mass is 527 g/mol. The van der Waals surface area contributed by atoms with Gasteiger partial charge < -0.3 is 4.74 Å². The molecule has 196 valence electrons. The van der Waals surface area contributed by atoms with E-state index in [4.69, 9.17) is 4.74 Å². The summed E-state index contributed by atoms with van der Waals surface area (Å²) in [6.45, 7) is 2.12. The van der Waals surface area contributed by atoms with Crippen LogP contribution in [-0.4, -0.2) is 37.5 Å². The summed E-state index contributed by atoms with van der Waals surface area (Å²) in [5, 5.41) is 14.0. The molecule has 2 heterocycles. The van der Waals surface area contributed by atoms with E-state index in [1.54, 1.807) is 18.1 Å². The fraction of sp³-hybridized carbons (Fsp3) is 0.400. The second-order valence-corrected chi connectivity index (χ2v) is 10.7. The second kappa shape index (κ2) is 12.0. The van der Waals surface area contributed by atoms with Crippen LogP contribution in [0.15, 0.2) is 59.7 Å². The predicted molar refractivity (Wildman–Crippen MR) is 151 cm³/mol. The van der Waals surface area contributed by atoms with Gasteiger partial charge in [0, 0.05) is 18.0 Å². The molecule has 0 bridgehead atoms. The molecule has 0 atom stereocenters. The van der Waals surface area contributed by atoms with Crippen molar-refractivity contribution in [3.63, 3.8) is 0 Å². The van der Waals surface area contributed by atoms with Crippen LogP contribution in [-0.2, 0) is 17.6 Å². The van der Waals surface area contributed by atoms with Gasteiger partial charge in [-0.3, -0.25) is 9.36 Å². The van der Waals surface area contributed by atoms with Gasteiger partial charge in [0.25, 0.3) is 5.56 Å². The Balaban J connectivity index is 1.49. The minimum absolute atomic E-state index is 0.0429. The summed E-state index contributed by atoms with van der Waals surface area (Å²) in [4.78, 5) is 18.6. The van der Waals surface area contributed by atoms with Crippen LogP contribution >= 0.6 is 11.8 Å². The summed E-state index contributed by atoms with van der Waals surface area (Å²) in [7, 11) is 0. The van der Waals surface area contributed by atoms with Crippen molar-refractivity contribution in [2.24, 2.45) is 0 Å². The van der Waals surface area contributed by atoms with Gasteiger partial charge >= 0.3 is 0 Å². The molecular formula is C30H33N5O2S. The molecule has 2 aromatic carbocycles. The van der Waals surface area contributed by atoms with Crippen LogP contribution in [0.2, 0.25) is 0 Å². The van der Waals surface area contributed by atoms with E-state index in [0.717, 1.165) is 66.5 Å². The van der Waals surface area contributed by atoms with E-state index in [9.17, 15) is 10.1 Å². The minimum atomic E-state index is 0.0429. The zero-order valence-electron chi connectivity index (χ0n) is 22.0. The zero-order valence-corrected chi connectivity index (χ0v) is 22.8. The number of nitriles is 1. The molecule has 38 heavy (non-hydrogen) atoms. The maximum atomic E-state index is 14.1. The lowest BCUT2D eigenvalue weighted by Gasteiger charge is -2.30. The summed E-state index contributed by atoms with van der Waals surface area (Å²) in [5.74, 6) is 1.35. The molecule has 0 N–H and O–H groups in total. The number of hydrogen-bond acceptors (Lipinski definition) is 6. The van der Waals surface area contributed by atoms with Crippen molar-refractivity contribution in [1.29, 1.82) is 5.26 Å². The van der Waals surface area contributed by atoms with E-state index in [1.807, 2.05) is 51.7 Å². The van der Waals surface area contributed by atoms with Gasteiger partial charge in [0.1, 0.15) is 6.33 Å². The highest BCUT2D eigenvalue weighted by atomic mass is 32.2. The molecule has 7 nitrogen and oxygen atoms in total. The topological polar surface area (TPSA) is 85.2 Å². The molecule has 2 aromatic heterocycles. The van der Waals surface area contributed by atoms with E-state index in [1.165, 1.54) is 0 Å². The predicted octanol–water partition coefficient (Wildman–Crippen LogP) is 5.79. The standard InChI is InChI=1S/C30H33N5O2S/c1-3-6-28-27(17-21-9-11-22(12-10-21)26-8-5-4-7-23(26)18-31)29(36)34(30-32-19-33-35(28)30)24-13-15-25(16-14-24)37-20-38-2/h4-5,7-12,19,24-25H,3,6,13-17,20H2,1-2H3. The third kappa shape index (κ3) is 5.27. The Labute approximate surface area is 227 Å². The van der Waals surface area contributed by atoms with Crippen LogP contribution in [0.25, 0.3) is 16.9 Å². The number of hydrogen-bond donors (Lipinski definition) is 0. The van der Waals surface area contributed by atoms with Crippen molar-refractivity contribution in [2.45, 2.75) is 64.0 Å². The van der Waals surface area contributed by atoms with Gasteiger partial charge in [-0.05, 0) is 61.1 Å². The zero-order chi connectivity index (χ0) is 26.5. The lowest BCUT2D eigenvalue weighted by molar-refractivity contribution is 0.0486. The Morgan fingerprint density at radius 2 is 1.87 bits per heavy atom. The van der Waals surface area contributed by atoms with Crippen molar-refractivity contribution in [2.75, 3.05) is 12.2 Å². The highest BCUT2D eigenvalue weighted by molar-refractivity contribution is 7.98. The maximum absolute atomic E-state index is 14.1. The van der Waals surface area contributed by atoms with Crippen molar-refractivity contribution in [3.05, 3.63) is 87.6 Å². The number of aromatic nitrogens is 4. The average Bonchev–Trinajstić information content (AvgIpc) is 3.44. The van der Waals surface area contributed by atoms with Gasteiger partial charge in [0.05, 0.1) is 29.4 Å². The number of fused-ring (bicyclic) bond motifs is 1.